The molecule has 1 aliphatic heterocycles. The molecule has 6 nitrogen and oxygen atoms in total. The molecule has 2 aromatic heterocycles. The van der Waals surface area contributed by atoms with Gasteiger partial charge in [-0.1, -0.05) is 5.16 Å². The van der Waals surface area contributed by atoms with Gasteiger partial charge in [-0.3, -0.25) is 0 Å². The third-order valence-corrected chi connectivity index (χ3v) is 2.94. The molecule has 1 fully saturated rings. The Balaban J connectivity index is 1.79. The van der Waals surface area contributed by atoms with Gasteiger partial charge in [0.1, 0.15) is 0 Å². The lowest BCUT2D eigenvalue weighted by molar-refractivity contribution is 0.109. The molecule has 18 heavy (non-hydrogen) atoms. The summed E-state index contributed by atoms with van der Waals surface area (Å²) >= 11 is 0. The molecular weight excluding hydrogens is 232 g/mol. The van der Waals surface area contributed by atoms with Crippen LogP contribution >= 0.6 is 0 Å². The summed E-state index contributed by atoms with van der Waals surface area (Å²) in [6.45, 7) is 0.822. The molecule has 0 bridgehead atoms. The summed E-state index contributed by atoms with van der Waals surface area (Å²) in [5.41, 5.74) is 6.87. The predicted molar refractivity (Wildman–Crippen MR) is 64.6 cm³/mol. The zero-order valence-corrected chi connectivity index (χ0v) is 9.87. The molecule has 1 aliphatic rings. The minimum atomic E-state index is 0.205. The number of hydrogen-bond acceptors (Lipinski definition) is 6. The van der Waals surface area contributed by atoms with E-state index in [4.69, 9.17) is 15.0 Å². The largest absolute Gasteiger partial charge is 0.397 e. The fraction of sp³-hybridized carbons (Fsp3) is 0.417. The molecular formula is C12H14N4O2. The fourth-order valence-electron chi connectivity index (χ4n) is 2.04. The highest BCUT2D eigenvalue weighted by atomic mass is 16.5. The van der Waals surface area contributed by atoms with E-state index in [1.165, 1.54) is 0 Å². The van der Waals surface area contributed by atoms with Gasteiger partial charge < -0.3 is 15.0 Å². The smallest absolute Gasteiger partial charge is 0.278 e. The number of nitrogens with two attached hydrogens (primary N) is 1. The molecule has 3 heterocycles. The van der Waals surface area contributed by atoms with Crippen LogP contribution in [0.3, 0.4) is 0 Å². The average molecular weight is 246 g/mol. The first-order valence-corrected chi connectivity index (χ1v) is 5.98. The second kappa shape index (κ2) is 4.73. The second-order valence-electron chi connectivity index (χ2n) is 4.30. The lowest BCUT2D eigenvalue weighted by Gasteiger charge is -2.03. The summed E-state index contributed by atoms with van der Waals surface area (Å²) < 4.78 is 10.7. The molecule has 0 radical (unpaired) electrons. The highest BCUT2D eigenvalue weighted by Crippen LogP contribution is 2.22. The van der Waals surface area contributed by atoms with Gasteiger partial charge >= 0.3 is 0 Å². The van der Waals surface area contributed by atoms with Crippen molar-refractivity contribution in [2.75, 3.05) is 12.3 Å². The van der Waals surface area contributed by atoms with Crippen LogP contribution in [0, 0.1) is 0 Å². The Bertz CT molecular complexity index is 534. The first-order valence-electron chi connectivity index (χ1n) is 5.98. The van der Waals surface area contributed by atoms with Crippen molar-refractivity contribution in [3.63, 3.8) is 0 Å². The predicted octanol–water partition coefficient (Wildman–Crippen LogP) is 1.44. The van der Waals surface area contributed by atoms with Crippen LogP contribution in [0.25, 0.3) is 11.6 Å². The van der Waals surface area contributed by atoms with E-state index in [9.17, 15) is 0 Å². The zero-order chi connectivity index (χ0) is 12.4. The quantitative estimate of drug-likeness (QED) is 0.881. The Morgan fingerprint density at radius 2 is 2.39 bits per heavy atom. The number of nitrogen functional groups attached to an aromatic ring is 1. The highest BCUT2D eigenvalue weighted by molar-refractivity contribution is 5.65. The van der Waals surface area contributed by atoms with Gasteiger partial charge in [-0.25, -0.2) is 4.98 Å². The summed E-state index contributed by atoms with van der Waals surface area (Å²) in [7, 11) is 0. The molecule has 6 heteroatoms. The Kier molecular flexibility index (Phi) is 2.93. The summed E-state index contributed by atoms with van der Waals surface area (Å²) in [5.74, 6) is 1.00. The van der Waals surface area contributed by atoms with Crippen molar-refractivity contribution in [3.8, 4) is 11.6 Å². The van der Waals surface area contributed by atoms with Gasteiger partial charge in [0.15, 0.2) is 11.5 Å². The zero-order valence-electron chi connectivity index (χ0n) is 9.87. The van der Waals surface area contributed by atoms with E-state index >= 15 is 0 Å². The molecule has 1 unspecified atom stereocenters. The summed E-state index contributed by atoms with van der Waals surface area (Å²) in [6, 6.07) is 3.52. The molecule has 1 saturated heterocycles. The maximum Gasteiger partial charge on any atom is 0.278 e. The Morgan fingerprint density at radius 1 is 1.44 bits per heavy atom. The van der Waals surface area contributed by atoms with Crippen LogP contribution in [0.15, 0.2) is 22.9 Å². The summed E-state index contributed by atoms with van der Waals surface area (Å²) in [6.07, 6.45) is 4.68. The minimum Gasteiger partial charge on any atom is -0.397 e. The summed E-state index contributed by atoms with van der Waals surface area (Å²) in [5, 5.41) is 3.94. The van der Waals surface area contributed by atoms with Crippen LogP contribution in [0.4, 0.5) is 5.69 Å². The van der Waals surface area contributed by atoms with Crippen molar-refractivity contribution in [1.29, 1.82) is 0 Å². The lowest BCUT2D eigenvalue weighted by atomic mass is 10.2. The number of nitrogens with zero attached hydrogens (tertiary/aromatic N) is 3. The van der Waals surface area contributed by atoms with Crippen molar-refractivity contribution >= 4 is 5.69 Å². The molecule has 2 aromatic rings. The normalized spacial score (nSPS) is 19.2. The van der Waals surface area contributed by atoms with Crippen LogP contribution in [-0.4, -0.2) is 27.8 Å². The van der Waals surface area contributed by atoms with Gasteiger partial charge in [-0.05, 0) is 25.0 Å². The SMILES string of the molecule is Nc1cccnc1-c1nc(CC2CCCO2)no1. The van der Waals surface area contributed by atoms with E-state index in [1.54, 1.807) is 18.3 Å². The first kappa shape index (κ1) is 11.2. The molecule has 1 atom stereocenters. The van der Waals surface area contributed by atoms with Crippen molar-refractivity contribution in [2.24, 2.45) is 0 Å². The van der Waals surface area contributed by atoms with Gasteiger partial charge in [0.05, 0.1) is 11.8 Å². The van der Waals surface area contributed by atoms with Crippen LogP contribution in [-0.2, 0) is 11.2 Å². The minimum absolute atomic E-state index is 0.205. The number of hydrogen-bond donors (Lipinski definition) is 1. The molecule has 0 aromatic carbocycles. The standard InChI is InChI=1S/C12H14N4O2/c13-9-4-1-5-14-11(9)12-15-10(16-18-12)7-8-3-2-6-17-8/h1,4-5,8H,2-3,6-7,13H2. The molecule has 0 saturated carbocycles. The molecule has 3 rings (SSSR count). The highest BCUT2D eigenvalue weighted by Gasteiger charge is 2.20. The van der Waals surface area contributed by atoms with E-state index < -0.39 is 0 Å². The second-order valence-corrected chi connectivity index (χ2v) is 4.30. The van der Waals surface area contributed by atoms with E-state index in [2.05, 4.69) is 15.1 Å². The average Bonchev–Trinajstić information content (AvgIpc) is 3.02. The number of pyridine rings is 1. The Labute approximate surface area is 104 Å². The Morgan fingerprint density at radius 3 is 3.17 bits per heavy atom. The van der Waals surface area contributed by atoms with E-state index in [0.717, 1.165) is 19.4 Å². The van der Waals surface area contributed by atoms with Gasteiger partial charge in [-0.2, -0.15) is 4.98 Å². The first-order chi connectivity index (χ1) is 8.83. The third-order valence-electron chi connectivity index (χ3n) is 2.94. The van der Waals surface area contributed by atoms with E-state index in [0.29, 0.717) is 29.5 Å². The fourth-order valence-corrected chi connectivity index (χ4v) is 2.04. The van der Waals surface area contributed by atoms with E-state index in [1.807, 2.05) is 0 Å². The molecule has 94 valence electrons. The van der Waals surface area contributed by atoms with Gasteiger partial charge in [0, 0.05) is 19.2 Å². The monoisotopic (exact) mass is 246 g/mol. The van der Waals surface area contributed by atoms with Crippen molar-refractivity contribution in [3.05, 3.63) is 24.2 Å². The molecule has 0 aliphatic carbocycles. The van der Waals surface area contributed by atoms with Crippen molar-refractivity contribution in [1.82, 2.24) is 15.1 Å². The number of rotatable bonds is 3. The van der Waals surface area contributed by atoms with Crippen molar-refractivity contribution in [2.45, 2.75) is 25.4 Å². The van der Waals surface area contributed by atoms with Crippen LogP contribution in [0.2, 0.25) is 0 Å². The van der Waals surface area contributed by atoms with Gasteiger partial charge in [0.2, 0.25) is 0 Å². The van der Waals surface area contributed by atoms with Crippen LogP contribution in [0.5, 0.6) is 0 Å². The molecule has 2 N–H and O–H groups in total. The van der Waals surface area contributed by atoms with Crippen LogP contribution < -0.4 is 5.73 Å². The maximum absolute atomic E-state index is 5.81. The third kappa shape index (κ3) is 2.19. The number of anilines is 1. The maximum atomic E-state index is 5.81. The van der Waals surface area contributed by atoms with Crippen LogP contribution in [0.1, 0.15) is 18.7 Å². The molecule has 0 spiro atoms. The van der Waals surface area contributed by atoms with Gasteiger partial charge in [0.25, 0.3) is 5.89 Å². The van der Waals surface area contributed by atoms with E-state index in [-0.39, 0.29) is 6.10 Å². The lowest BCUT2D eigenvalue weighted by Crippen LogP contribution is -2.09. The topological polar surface area (TPSA) is 87.1 Å². The molecule has 0 amide bonds. The number of aromatic nitrogens is 3. The van der Waals surface area contributed by atoms with Gasteiger partial charge in [-0.15, -0.1) is 0 Å². The summed E-state index contributed by atoms with van der Waals surface area (Å²) in [4.78, 5) is 8.45. The number of ether oxygens (including phenoxy) is 1. The Hall–Kier alpha value is -1.95. The van der Waals surface area contributed by atoms with Crippen molar-refractivity contribution < 1.29 is 9.26 Å².